The van der Waals surface area contributed by atoms with Crippen molar-refractivity contribution in [3.63, 3.8) is 0 Å². The van der Waals surface area contributed by atoms with Crippen molar-refractivity contribution in [1.29, 1.82) is 5.26 Å². The smallest absolute Gasteiger partial charge is 0.318 e. The third kappa shape index (κ3) is 4.37. The number of ether oxygens (including phenoxy) is 1. The molecular formula is C16H10N4O5S. The number of hydrogen-bond donors (Lipinski definition) is 1. The van der Waals surface area contributed by atoms with E-state index in [4.69, 9.17) is 28.0 Å². The molecule has 0 spiro atoms. The predicted molar refractivity (Wildman–Crippen MR) is 96.6 cm³/mol. The number of rotatable bonds is 6. The number of nitro benzene ring substituents is 2. The first-order valence-corrected chi connectivity index (χ1v) is 7.35. The Morgan fingerprint density at radius 2 is 1.81 bits per heavy atom. The monoisotopic (exact) mass is 370 g/mol. The molecule has 0 aliphatic rings. The van der Waals surface area contributed by atoms with Gasteiger partial charge in [-0.3, -0.25) is 20.2 Å². The van der Waals surface area contributed by atoms with E-state index >= 15 is 0 Å². The van der Waals surface area contributed by atoms with Crippen LogP contribution in [0.1, 0.15) is 5.56 Å². The molecule has 0 saturated heterocycles. The van der Waals surface area contributed by atoms with Gasteiger partial charge >= 0.3 is 5.69 Å². The Kier molecular flexibility index (Phi) is 5.56. The van der Waals surface area contributed by atoms with E-state index in [0.717, 1.165) is 18.2 Å². The van der Waals surface area contributed by atoms with Gasteiger partial charge in [0.1, 0.15) is 16.8 Å². The van der Waals surface area contributed by atoms with Gasteiger partial charge < -0.3 is 10.5 Å². The van der Waals surface area contributed by atoms with Crippen molar-refractivity contribution < 1.29 is 14.6 Å². The van der Waals surface area contributed by atoms with Gasteiger partial charge in [0.25, 0.3) is 5.69 Å². The van der Waals surface area contributed by atoms with Gasteiger partial charge in [0.15, 0.2) is 0 Å². The zero-order valence-electron chi connectivity index (χ0n) is 13.0. The molecule has 0 aliphatic heterocycles. The van der Waals surface area contributed by atoms with E-state index < -0.39 is 21.2 Å². The largest absolute Gasteiger partial charge is 0.450 e. The molecule has 10 heteroatoms. The molecule has 130 valence electrons. The van der Waals surface area contributed by atoms with Crippen LogP contribution in [0.2, 0.25) is 0 Å². The highest BCUT2D eigenvalue weighted by Crippen LogP contribution is 2.34. The maximum Gasteiger partial charge on any atom is 0.318 e. The number of nitrogens with two attached hydrogens (primary N) is 1. The summed E-state index contributed by atoms with van der Waals surface area (Å²) in [7, 11) is 0. The zero-order valence-corrected chi connectivity index (χ0v) is 13.8. The van der Waals surface area contributed by atoms with Gasteiger partial charge in [0.05, 0.1) is 21.5 Å². The molecule has 2 rings (SSSR count). The van der Waals surface area contributed by atoms with Crippen molar-refractivity contribution in [2.45, 2.75) is 0 Å². The summed E-state index contributed by atoms with van der Waals surface area (Å²) in [6.45, 7) is 0. The lowest BCUT2D eigenvalue weighted by molar-refractivity contribution is -0.394. The molecule has 0 saturated carbocycles. The molecule has 0 heterocycles. The summed E-state index contributed by atoms with van der Waals surface area (Å²) in [5.41, 5.74) is 5.24. The second kappa shape index (κ2) is 7.82. The summed E-state index contributed by atoms with van der Waals surface area (Å²) in [6.07, 6.45) is 1.49. The van der Waals surface area contributed by atoms with E-state index in [1.807, 2.05) is 6.07 Å². The molecule has 2 aromatic rings. The van der Waals surface area contributed by atoms with Crippen LogP contribution in [0.4, 0.5) is 11.4 Å². The molecule has 0 fully saturated rings. The third-order valence-electron chi connectivity index (χ3n) is 3.15. The second-order valence-corrected chi connectivity index (χ2v) is 5.31. The summed E-state index contributed by atoms with van der Waals surface area (Å²) in [4.78, 5) is 20.3. The summed E-state index contributed by atoms with van der Waals surface area (Å²) < 4.78 is 5.44. The fourth-order valence-electron chi connectivity index (χ4n) is 1.93. The molecular weight excluding hydrogens is 360 g/mol. The van der Waals surface area contributed by atoms with Crippen molar-refractivity contribution in [2.24, 2.45) is 5.73 Å². The average molecular weight is 370 g/mol. The number of hydrogen-bond acceptors (Lipinski definition) is 7. The van der Waals surface area contributed by atoms with Crippen molar-refractivity contribution in [1.82, 2.24) is 0 Å². The molecule has 0 unspecified atom stereocenters. The Morgan fingerprint density at radius 3 is 2.31 bits per heavy atom. The fraction of sp³-hybridized carbons (Fsp3) is 0. The van der Waals surface area contributed by atoms with Crippen LogP contribution in [0.3, 0.4) is 0 Å². The molecule has 9 nitrogen and oxygen atoms in total. The van der Waals surface area contributed by atoms with Crippen molar-refractivity contribution in [3.05, 3.63) is 73.8 Å². The maximum atomic E-state index is 11.1. The van der Waals surface area contributed by atoms with E-state index in [-0.39, 0.29) is 22.1 Å². The molecule has 2 aromatic carbocycles. The predicted octanol–water partition coefficient (Wildman–Crippen LogP) is 3.49. The van der Waals surface area contributed by atoms with Gasteiger partial charge in [-0.25, -0.2) is 0 Å². The molecule has 26 heavy (non-hydrogen) atoms. The Morgan fingerprint density at radius 1 is 1.15 bits per heavy atom. The van der Waals surface area contributed by atoms with Crippen LogP contribution in [-0.2, 0) is 0 Å². The van der Waals surface area contributed by atoms with Crippen molar-refractivity contribution >= 4 is 34.7 Å². The van der Waals surface area contributed by atoms with Crippen LogP contribution >= 0.6 is 12.2 Å². The number of non-ortho nitro benzene ring substituents is 1. The Labute approximate surface area is 152 Å². The van der Waals surface area contributed by atoms with Crippen molar-refractivity contribution in [3.8, 4) is 17.6 Å². The van der Waals surface area contributed by atoms with Crippen LogP contribution in [0.25, 0.3) is 6.08 Å². The molecule has 0 bridgehead atoms. The molecule has 0 amide bonds. The number of nitrogens with zero attached hydrogens (tertiary/aromatic N) is 3. The summed E-state index contributed by atoms with van der Waals surface area (Å²) in [5, 5.41) is 30.8. The van der Waals surface area contributed by atoms with Gasteiger partial charge in [-0.2, -0.15) is 5.26 Å². The Hall–Kier alpha value is -3.84. The normalized spacial score (nSPS) is 10.7. The fourth-order valence-corrected chi connectivity index (χ4v) is 2.04. The number of thiocarbonyl (C=S) groups is 1. The van der Waals surface area contributed by atoms with Crippen LogP contribution in [-0.4, -0.2) is 14.8 Å². The summed E-state index contributed by atoms with van der Waals surface area (Å²) in [6, 6.07) is 11.2. The van der Waals surface area contributed by atoms with Gasteiger partial charge in [0, 0.05) is 6.07 Å². The maximum absolute atomic E-state index is 11.1. The van der Waals surface area contributed by atoms with Crippen LogP contribution in [0.5, 0.6) is 11.5 Å². The summed E-state index contributed by atoms with van der Waals surface area (Å²) >= 11 is 4.75. The van der Waals surface area contributed by atoms with Crippen LogP contribution < -0.4 is 10.5 Å². The lowest BCUT2D eigenvalue weighted by atomic mass is 10.1. The number of nitriles is 1. The van der Waals surface area contributed by atoms with Crippen LogP contribution in [0.15, 0.2) is 48.0 Å². The first kappa shape index (κ1) is 18.5. The van der Waals surface area contributed by atoms with Gasteiger partial charge in [0.2, 0.25) is 5.75 Å². The van der Waals surface area contributed by atoms with E-state index in [1.54, 1.807) is 12.1 Å². The highest BCUT2D eigenvalue weighted by atomic mass is 32.1. The minimum atomic E-state index is -0.763. The molecule has 0 radical (unpaired) electrons. The zero-order chi connectivity index (χ0) is 19.3. The summed E-state index contributed by atoms with van der Waals surface area (Å²) in [5.74, 6) is 0.137. The Bertz CT molecular complexity index is 964. The van der Waals surface area contributed by atoms with Gasteiger partial charge in [-0.05, 0) is 29.8 Å². The highest BCUT2D eigenvalue weighted by Gasteiger charge is 2.21. The van der Waals surface area contributed by atoms with E-state index in [9.17, 15) is 20.2 Å². The topological polar surface area (TPSA) is 145 Å². The standard InChI is InChI=1S/C16H10N4O5S/c17-9-11(16(18)26)7-10-1-4-13(5-2-10)25-15-6-3-12(19(21)22)8-14(15)20(23)24/h1-8H,(H2,18,26)/b11-7+. The number of nitro groups is 2. The highest BCUT2D eigenvalue weighted by molar-refractivity contribution is 7.80. The minimum Gasteiger partial charge on any atom is -0.450 e. The SMILES string of the molecule is N#C/C(=C\c1ccc(Oc2ccc([N+](=O)[O-])cc2[N+](=O)[O-])cc1)C(N)=S. The Balaban J connectivity index is 2.30. The third-order valence-corrected chi connectivity index (χ3v) is 3.37. The molecule has 0 aliphatic carbocycles. The molecule has 0 atom stereocenters. The first-order valence-electron chi connectivity index (χ1n) is 6.94. The van der Waals surface area contributed by atoms with Gasteiger partial charge in [-0.1, -0.05) is 24.4 Å². The first-order chi connectivity index (χ1) is 12.3. The molecule has 2 N–H and O–H groups in total. The van der Waals surface area contributed by atoms with Crippen LogP contribution in [0, 0.1) is 31.6 Å². The second-order valence-electron chi connectivity index (χ2n) is 4.87. The minimum absolute atomic E-state index is 0.0330. The number of benzene rings is 2. The average Bonchev–Trinajstić information content (AvgIpc) is 2.60. The molecule has 0 aromatic heterocycles. The van der Waals surface area contributed by atoms with E-state index in [2.05, 4.69) is 0 Å². The lowest BCUT2D eigenvalue weighted by Gasteiger charge is -2.06. The van der Waals surface area contributed by atoms with E-state index in [1.165, 1.54) is 18.2 Å². The van der Waals surface area contributed by atoms with Crippen molar-refractivity contribution in [2.75, 3.05) is 0 Å². The lowest BCUT2D eigenvalue weighted by Crippen LogP contribution is -2.09. The quantitative estimate of drug-likeness (QED) is 0.267. The van der Waals surface area contributed by atoms with Gasteiger partial charge in [-0.15, -0.1) is 0 Å². The van der Waals surface area contributed by atoms with E-state index in [0.29, 0.717) is 5.56 Å².